The second-order valence-electron chi connectivity index (χ2n) is 4.93. The monoisotopic (exact) mass is 235 g/mol. The van der Waals surface area contributed by atoms with Crippen molar-refractivity contribution in [3.8, 4) is 0 Å². The molecule has 0 amide bonds. The molecule has 15 heavy (non-hydrogen) atoms. The van der Waals surface area contributed by atoms with Gasteiger partial charge in [0, 0.05) is 12.0 Å². The third-order valence-electron chi connectivity index (χ3n) is 2.26. The van der Waals surface area contributed by atoms with Gasteiger partial charge in [0.25, 0.3) is 0 Å². The van der Waals surface area contributed by atoms with E-state index in [1.54, 1.807) is 0 Å². The van der Waals surface area contributed by atoms with Crippen molar-refractivity contribution in [3.63, 3.8) is 0 Å². The van der Waals surface area contributed by atoms with Gasteiger partial charge >= 0.3 is 0 Å². The van der Waals surface area contributed by atoms with E-state index in [2.05, 4.69) is 26.1 Å². The number of sulfone groups is 1. The van der Waals surface area contributed by atoms with Crippen LogP contribution in [0, 0.1) is 11.8 Å². The zero-order valence-electron chi connectivity index (χ0n) is 10.4. The Hall–Kier alpha value is -0.0900. The fraction of sp³-hybridized carbons (Fsp3) is 1.00. The maximum atomic E-state index is 10.9. The van der Waals surface area contributed by atoms with Crippen molar-refractivity contribution in [1.82, 2.24) is 5.32 Å². The van der Waals surface area contributed by atoms with E-state index in [1.807, 2.05) is 0 Å². The summed E-state index contributed by atoms with van der Waals surface area (Å²) < 4.78 is 21.8. The van der Waals surface area contributed by atoms with Crippen LogP contribution in [0.3, 0.4) is 0 Å². The molecule has 0 fully saturated rings. The lowest BCUT2D eigenvalue weighted by atomic mass is 10.1. The Morgan fingerprint density at radius 2 is 1.73 bits per heavy atom. The third-order valence-corrected chi connectivity index (χ3v) is 3.29. The van der Waals surface area contributed by atoms with E-state index in [0.29, 0.717) is 17.6 Å². The molecule has 0 aliphatic carbocycles. The van der Waals surface area contributed by atoms with Crippen LogP contribution < -0.4 is 5.32 Å². The van der Waals surface area contributed by atoms with E-state index in [1.165, 1.54) is 6.26 Å². The highest BCUT2D eigenvalue weighted by Gasteiger charge is 2.06. The molecule has 0 aromatic rings. The molecule has 0 radical (unpaired) electrons. The number of hydrogen-bond acceptors (Lipinski definition) is 3. The summed E-state index contributed by atoms with van der Waals surface area (Å²) in [5, 5.41) is 3.38. The largest absolute Gasteiger partial charge is 0.316 e. The molecule has 1 N–H and O–H groups in total. The molecule has 0 aliphatic rings. The van der Waals surface area contributed by atoms with Gasteiger partial charge in [-0.2, -0.15) is 0 Å². The Balaban J connectivity index is 3.45. The molecular weight excluding hydrogens is 210 g/mol. The van der Waals surface area contributed by atoms with Crippen LogP contribution >= 0.6 is 0 Å². The molecular formula is C11H25NO2S. The van der Waals surface area contributed by atoms with E-state index in [9.17, 15) is 8.42 Å². The topological polar surface area (TPSA) is 46.2 Å². The van der Waals surface area contributed by atoms with Crippen molar-refractivity contribution < 1.29 is 8.42 Å². The van der Waals surface area contributed by atoms with Crippen LogP contribution in [-0.4, -0.2) is 33.5 Å². The van der Waals surface area contributed by atoms with Crippen molar-refractivity contribution >= 4 is 9.84 Å². The SMILES string of the molecule is CC(C)CNCC(C)CCCS(C)(=O)=O. The molecule has 4 heteroatoms. The van der Waals surface area contributed by atoms with Gasteiger partial charge in [0.05, 0.1) is 0 Å². The quantitative estimate of drug-likeness (QED) is 0.696. The van der Waals surface area contributed by atoms with Crippen molar-refractivity contribution in [2.45, 2.75) is 33.6 Å². The predicted octanol–water partition coefficient (Wildman–Crippen LogP) is 1.69. The van der Waals surface area contributed by atoms with Crippen molar-refractivity contribution in [2.75, 3.05) is 25.1 Å². The fourth-order valence-electron chi connectivity index (χ4n) is 1.41. The molecule has 1 atom stereocenters. The lowest BCUT2D eigenvalue weighted by molar-refractivity contribution is 0.450. The smallest absolute Gasteiger partial charge is 0.147 e. The Labute approximate surface area is 94.6 Å². The molecule has 1 unspecified atom stereocenters. The Bertz CT molecular complexity index is 247. The van der Waals surface area contributed by atoms with E-state index >= 15 is 0 Å². The third kappa shape index (κ3) is 11.8. The van der Waals surface area contributed by atoms with Crippen LogP contribution in [-0.2, 0) is 9.84 Å². The molecule has 0 bridgehead atoms. The van der Waals surface area contributed by atoms with Crippen LogP contribution in [0.4, 0.5) is 0 Å². The van der Waals surface area contributed by atoms with Crippen LogP contribution in [0.25, 0.3) is 0 Å². The fourth-order valence-corrected chi connectivity index (χ4v) is 2.11. The highest BCUT2D eigenvalue weighted by atomic mass is 32.2. The first kappa shape index (κ1) is 14.9. The summed E-state index contributed by atoms with van der Waals surface area (Å²) in [6, 6.07) is 0. The number of rotatable bonds is 8. The minimum atomic E-state index is -2.77. The first-order valence-corrected chi connectivity index (χ1v) is 7.75. The van der Waals surface area contributed by atoms with Gasteiger partial charge in [-0.25, -0.2) is 8.42 Å². The highest BCUT2D eigenvalue weighted by Crippen LogP contribution is 2.05. The summed E-state index contributed by atoms with van der Waals surface area (Å²) in [6.07, 6.45) is 3.07. The molecule has 0 heterocycles. The van der Waals surface area contributed by atoms with E-state index < -0.39 is 9.84 Å². The highest BCUT2D eigenvalue weighted by molar-refractivity contribution is 7.90. The number of nitrogens with one attached hydrogen (secondary N) is 1. The lowest BCUT2D eigenvalue weighted by Crippen LogP contribution is -2.25. The van der Waals surface area contributed by atoms with Gasteiger partial charge in [0.1, 0.15) is 9.84 Å². The summed E-state index contributed by atoms with van der Waals surface area (Å²) in [7, 11) is -2.77. The van der Waals surface area contributed by atoms with Gasteiger partial charge in [0.2, 0.25) is 0 Å². The maximum absolute atomic E-state index is 10.9. The van der Waals surface area contributed by atoms with Crippen LogP contribution in [0.5, 0.6) is 0 Å². The van der Waals surface area contributed by atoms with E-state index in [-0.39, 0.29) is 0 Å². The second kappa shape index (κ2) is 7.23. The molecule has 3 nitrogen and oxygen atoms in total. The summed E-state index contributed by atoms with van der Waals surface area (Å²) in [5.41, 5.74) is 0. The molecule has 0 saturated carbocycles. The van der Waals surface area contributed by atoms with Crippen molar-refractivity contribution in [3.05, 3.63) is 0 Å². The zero-order valence-corrected chi connectivity index (χ0v) is 11.2. The van der Waals surface area contributed by atoms with Crippen molar-refractivity contribution in [1.29, 1.82) is 0 Å². The molecule has 0 aromatic heterocycles. The standard InChI is InChI=1S/C11H25NO2S/c1-10(2)8-12-9-11(3)6-5-7-15(4,13)14/h10-12H,5-9H2,1-4H3. The minimum Gasteiger partial charge on any atom is -0.316 e. The lowest BCUT2D eigenvalue weighted by Gasteiger charge is -2.13. The van der Waals surface area contributed by atoms with E-state index in [4.69, 9.17) is 0 Å². The Morgan fingerprint density at radius 1 is 1.13 bits per heavy atom. The van der Waals surface area contributed by atoms with Gasteiger partial charge in [-0.3, -0.25) is 0 Å². The molecule has 0 aromatic carbocycles. The summed E-state index contributed by atoms with van der Waals surface area (Å²) in [6.45, 7) is 8.55. The summed E-state index contributed by atoms with van der Waals surface area (Å²) >= 11 is 0. The normalized spacial score (nSPS) is 14.5. The first-order chi connectivity index (χ1) is 6.81. The van der Waals surface area contributed by atoms with Crippen LogP contribution in [0.2, 0.25) is 0 Å². The summed E-state index contributed by atoms with van der Waals surface area (Å²) in [5.74, 6) is 1.56. The second-order valence-corrected chi connectivity index (χ2v) is 7.19. The summed E-state index contributed by atoms with van der Waals surface area (Å²) in [4.78, 5) is 0. The maximum Gasteiger partial charge on any atom is 0.147 e. The predicted molar refractivity (Wildman–Crippen MR) is 65.8 cm³/mol. The zero-order chi connectivity index (χ0) is 11.9. The molecule has 0 rings (SSSR count). The van der Waals surface area contributed by atoms with Gasteiger partial charge in [-0.05, 0) is 37.8 Å². The molecule has 0 aliphatic heterocycles. The molecule has 92 valence electrons. The molecule has 0 spiro atoms. The average molecular weight is 235 g/mol. The van der Waals surface area contributed by atoms with Crippen LogP contribution in [0.15, 0.2) is 0 Å². The van der Waals surface area contributed by atoms with Gasteiger partial charge in [-0.15, -0.1) is 0 Å². The molecule has 0 saturated heterocycles. The van der Waals surface area contributed by atoms with Gasteiger partial charge < -0.3 is 5.32 Å². The Morgan fingerprint density at radius 3 is 2.20 bits per heavy atom. The first-order valence-electron chi connectivity index (χ1n) is 5.69. The average Bonchev–Trinajstić information content (AvgIpc) is 2.00. The number of hydrogen-bond donors (Lipinski definition) is 1. The van der Waals surface area contributed by atoms with Gasteiger partial charge in [-0.1, -0.05) is 20.8 Å². The van der Waals surface area contributed by atoms with Gasteiger partial charge in [0.15, 0.2) is 0 Å². The van der Waals surface area contributed by atoms with E-state index in [0.717, 1.165) is 25.9 Å². The van der Waals surface area contributed by atoms with Crippen molar-refractivity contribution in [2.24, 2.45) is 11.8 Å². The Kier molecular flexibility index (Phi) is 7.18. The van der Waals surface area contributed by atoms with Crippen LogP contribution in [0.1, 0.15) is 33.6 Å². The minimum absolute atomic E-state index is 0.321.